The van der Waals surface area contributed by atoms with E-state index in [2.05, 4.69) is 39.6 Å². The molecule has 0 aromatic carbocycles. The van der Waals surface area contributed by atoms with Gasteiger partial charge in [-0.05, 0) is 26.4 Å². The number of hydrogen-bond donors (Lipinski definition) is 3. The van der Waals surface area contributed by atoms with Crippen molar-refractivity contribution >= 4 is 18.3 Å². The SMILES string of the molecule is CC(C)CC(CN(C)C)NC(=O)c1n[nH]c2c1CNCC2.Cl. The molecule has 126 valence electrons. The molecule has 1 aliphatic rings. The molecular weight excluding hydrogens is 302 g/mol. The summed E-state index contributed by atoms with van der Waals surface area (Å²) in [5, 5.41) is 13.7. The third-order valence-corrected chi connectivity index (χ3v) is 3.70. The number of fused-ring (bicyclic) bond motifs is 1. The summed E-state index contributed by atoms with van der Waals surface area (Å²) < 4.78 is 0. The Morgan fingerprint density at radius 1 is 1.41 bits per heavy atom. The molecule has 0 fully saturated rings. The molecule has 2 rings (SSSR count). The lowest BCUT2D eigenvalue weighted by atomic mass is 10.0. The molecule has 2 heterocycles. The van der Waals surface area contributed by atoms with E-state index in [9.17, 15) is 4.79 Å². The second-order valence-electron chi connectivity index (χ2n) is 6.52. The van der Waals surface area contributed by atoms with Crippen LogP contribution in [0.2, 0.25) is 0 Å². The molecule has 0 saturated carbocycles. The molecule has 6 nitrogen and oxygen atoms in total. The van der Waals surface area contributed by atoms with Crippen molar-refractivity contribution in [3.8, 4) is 0 Å². The van der Waals surface area contributed by atoms with Crippen LogP contribution < -0.4 is 10.6 Å². The second-order valence-corrected chi connectivity index (χ2v) is 6.52. The molecule has 22 heavy (non-hydrogen) atoms. The third kappa shape index (κ3) is 4.97. The minimum Gasteiger partial charge on any atom is -0.347 e. The Balaban J connectivity index is 0.00000242. The number of nitrogens with one attached hydrogen (secondary N) is 3. The predicted octanol–water partition coefficient (Wildman–Crippen LogP) is 1.18. The molecule has 0 saturated heterocycles. The molecule has 0 bridgehead atoms. The molecule has 1 aromatic rings. The summed E-state index contributed by atoms with van der Waals surface area (Å²) in [5.41, 5.74) is 2.66. The van der Waals surface area contributed by atoms with Gasteiger partial charge < -0.3 is 15.5 Å². The molecule has 1 aromatic heterocycles. The van der Waals surface area contributed by atoms with Crippen molar-refractivity contribution in [2.75, 3.05) is 27.2 Å². The lowest BCUT2D eigenvalue weighted by Gasteiger charge is -2.24. The van der Waals surface area contributed by atoms with E-state index in [1.807, 2.05) is 14.1 Å². The zero-order valence-electron chi connectivity index (χ0n) is 13.9. The van der Waals surface area contributed by atoms with E-state index in [1.54, 1.807) is 0 Å². The Morgan fingerprint density at radius 2 is 2.14 bits per heavy atom. The number of H-pyrrole nitrogens is 1. The first-order chi connectivity index (χ1) is 9.97. The number of nitrogens with zero attached hydrogens (tertiary/aromatic N) is 2. The number of halogens is 1. The Labute approximate surface area is 138 Å². The van der Waals surface area contributed by atoms with Gasteiger partial charge in [0.25, 0.3) is 5.91 Å². The van der Waals surface area contributed by atoms with Gasteiger partial charge >= 0.3 is 0 Å². The van der Waals surface area contributed by atoms with Gasteiger partial charge in [-0.2, -0.15) is 5.10 Å². The Kier molecular flexibility index (Phi) is 7.32. The number of aromatic amines is 1. The molecule has 0 radical (unpaired) electrons. The van der Waals surface area contributed by atoms with Crippen LogP contribution in [0.15, 0.2) is 0 Å². The van der Waals surface area contributed by atoms with Crippen molar-refractivity contribution in [2.45, 2.75) is 39.3 Å². The van der Waals surface area contributed by atoms with E-state index >= 15 is 0 Å². The standard InChI is InChI=1S/C15H27N5O.ClH/c1-10(2)7-11(9-20(3)4)17-15(21)14-12-8-16-6-5-13(12)18-19-14;/h10-11,16H,5-9H2,1-4H3,(H,17,21)(H,18,19);1H. The topological polar surface area (TPSA) is 73.0 Å². The number of carbonyl (C=O) groups excluding carboxylic acids is 1. The summed E-state index contributed by atoms with van der Waals surface area (Å²) >= 11 is 0. The van der Waals surface area contributed by atoms with Gasteiger partial charge in [-0.3, -0.25) is 9.89 Å². The van der Waals surface area contributed by atoms with Gasteiger partial charge in [-0.25, -0.2) is 0 Å². The zero-order valence-corrected chi connectivity index (χ0v) is 14.7. The lowest BCUT2D eigenvalue weighted by molar-refractivity contribution is 0.0918. The van der Waals surface area contributed by atoms with Crippen LogP contribution >= 0.6 is 12.4 Å². The molecule has 1 amide bonds. The van der Waals surface area contributed by atoms with E-state index in [4.69, 9.17) is 0 Å². The molecule has 1 atom stereocenters. The highest BCUT2D eigenvalue weighted by Gasteiger charge is 2.23. The monoisotopic (exact) mass is 329 g/mol. The van der Waals surface area contributed by atoms with E-state index < -0.39 is 0 Å². The summed E-state index contributed by atoms with van der Waals surface area (Å²) in [6, 6.07) is 0.149. The first-order valence-electron chi connectivity index (χ1n) is 7.69. The highest BCUT2D eigenvalue weighted by Crippen LogP contribution is 2.16. The van der Waals surface area contributed by atoms with Gasteiger partial charge in [0.1, 0.15) is 0 Å². The van der Waals surface area contributed by atoms with Crippen LogP contribution in [0.1, 0.15) is 42.0 Å². The van der Waals surface area contributed by atoms with Crippen LogP contribution in [0, 0.1) is 5.92 Å². The molecule has 0 aliphatic carbocycles. The zero-order chi connectivity index (χ0) is 15.4. The van der Waals surface area contributed by atoms with Crippen LogP contribution in [0.3, 0.4) is 0 Å². The van der Waals surface area contributed by atoms with Crippen molar-refractivity contribution < 1.29 is 4.79 Å². The van der Waals surface area contributed by atoms with Crippen molar-refractivity contribution in [3.63, 3.8) is 0 Å². The minimum atomic E-state index is -0.0660. The smallest absolute Gasteiger partial charge is 0.272 e. The van der Waals surface area contributed by atoms with E-state index in [0.717, 1.165) is 43.7 Å². The van der Waals surface area contributed by atoms with Crippen LogP contribution in [0.25, 0.3) is 0 Å². The lowest BCUT2D eigenvalue weighted by Crippen LogP contribution is -2.43. The normalized spacial score (nSPS) is 15.4. The van der Waals surface area contributed by atoms with Gasteiger partial charge in [0.05, 0.1) is 0 Å². The average Bonchev–Trinajstić information content (AvgIpc) is 2.80. The summed E-state index contributed by atoms with van der Waals surface area (Å²) in [7, 11) is 4.06. The number of amides is 1. The predicted molar refractivity (Wildman–Crippen MR) is 90.5 cm³/mol. The van der Waals surface area contributed by atoms with Crippen LogP contribution in [0.4, 0.5) is 0 Å². The summed E-state index contributed by atoms with van der Waals surface area (Å²) in [5.74, 6) is 0.480. The quantitative estimate of drug-likeness (QED) is 0.733. The van der Waals surface area contributed by atoms with Gasteiger partial charge in [0.2, 0.25) is 0 Å². The fourth-order valence-electron chi connectivity index (χ4n) is 2.86. The first kappa shape index (κ1) is 18.9. The van der Waals surface area contributed by atoms with Crippen LogP contribution in [-0.4, -0.2) is 54.2 Å². The van der Waals surface area contributed by atoms with Crippen molar-refractivity contribution in [1.29, 1.82) is 0 Å². The summed E-state index contributed by atoms with van der Waals surface area (Å²) in [6.45, 7) is 6.85. The molecule has 1 unspecified atom stereocenters. The molecular formula is C15H28ClN5O. The largest absolute Gasteiger partial charge is 0.347 e. The van der Waals surface area contributed by atoms with Crippen LogP contribution in [0.5, 0.6) is 0 Å². The van der Waals surface area contributed by atoms with E-state index in [0.29, 0.717) is 11.6 Å². The first-order valence-corrected chi connectivity index (χ1v) is 7.69. The van der Waals surface area contributed by atoms with Gasteiger partial charge in [-0.1, -0.05) is 13.8 Å². The van der Waals surface area contributed by atoms with Crippen LogP contribution in [-0.2, 0) is 13.0 Å². The van der Waals surface area contributed by atoms with Gasteiger partial charge in [-0.15, -0.1) is 12.4 Å². The minimum absolute atomic E-state index is 0. The van der Waals surface area contributed by atoms with Crippen molar-refractivity contribution in [3.05, 3.63) is 17.0 Å². The summed E-state index contributed by atoms with van der Waals surface area (Å²) in [6.07, 6.45) is 1.87. The van der Waals surface area contributed by atoms with E-state index in [-0.39, 0.29) is 24.4 Å². The molecule has 7 heteroatoms. The van der Waals surface area contributed by atoms with Gasteiger partial charge in [0.15, 0.2) is 5.69 Å². The number of hydrogen-bond acceptors (Lipinski definition) is 4. The summed E-state index contributed by atoms with van der Waals surface area (Å²) in [4.78, 5) is 14.6. The molecule has 1 aliphatic heterocycles. The maximum atomic E-state index is 12.5. The Hall–Kier alpha value is -1.11. The number of likely N-dealkylation sites (N-methyl/N-ethyl adjacent to an activating group) is 1. The average molecular weight is 330 g/mol. The van der Waals surface area contributed by atoms with Crippen molar-refractivity contribution in [2.24, 2.45) is 5.92 Å². The number of aromatic nitrogens is 2. The maximum absolute atomic E-state index is 12.5. The molecule has 3 N–H and O–H groups in total. The highest BCUT2D eigenvalue weighted by atomic mass is 35.5. The fourth-order valence-corrected chi connectivity index (χ4v) is 2.86. The second kappa shape index (κ2) is 8.50. The molecule has 0 spiro atoms. The maximum Gasteiger partial charge on any atom is 0.272 e. The highest BCUT2D eigenvalue weighted by molar-refractivity contribution is 5.94. The Morgan fingerprint density at radius 3 is 2.77 bits per heavy atom. The van der Waals surface area contributed by atoms with Crippen molar-refractivity contribution in [1.82, 2.24) is 25.7 Å². The number of rotatable bonds is 6. The van der Waals surface area contributed by atoms with Gasteiger partial charge in [0, 0.05) is 43.4 Å². The number of carbonyl (C=O) groups is 1. The van der Waals surface area contributed by atoms with E-state index in [1.165, 1.54) is 0 Å². The fraction of sp³-hybridized carbons (Fsp3) is 0.733. The Bertz CT molecular complexity index is 476. The third-order valence-electron chi connectivity index (χ3n) is 3.70.